The van der Waals surface area contributed by atoms with Crippen molar-refractivity contribution in [3.63, 3.8) is 0 Å². The van der Waals surface area contributed by atoms with Crippen LogP contribution in [0, 0.1) is 12.0 Å². The third-order valence-corrected chi connectivity index (χ3v) is 1.06. The van der Waals surface area contributed by atoms with Gasteiger partial charge in [-0.15, -0.1) is 0 Å². The Bertz CT molecular complexity index is 193. The van der Waals surface area contributed by atoms with Gasteiger partial charge in [-0.3, -0.25) is 0 Å². The van der Waals surface area contributed by atoms with Gasteiger partial charge >= 0.3 is 0 Å². The van der Waals surface area contributed by atoms with E-state index in [1.54, 1.807) is 0 Å². The molecular formula is C6H8FN2. The molecule has 0 amide bonds. The van der Waals surface area contributed by atoms with E-state index in [9.17, 15) is 4.39 Å². The van der Waals surface area contributed by atoms with Crippen LogP contribution in [0.2, 0.25) is 0 Å². The Balaban J connectivity index is 2.94. The number of rotatable bonds is 1. The first kappa shape index (κ1) is 6.26. The van der Waals surface area contributed by atoms with Gasteiger partial charge in [0.05, 0.1) is 12.3 Å². The average Bonchev–Trinajstić information content (AvgIpc) is 2.13. The van der Waals surface area contributed by atoms with Crippen molar-refractivity contribution < 1.29 is 4.39 Å². The third-order valence-electron chi connectivity index (χ3n) is 1.06. The van der Waals surface area contributed by atoms with Crippen LogP contribution in [0.4, 0.5) is 4.39 Å². The molecule has 1 rings (SSSR count). The van der Waals surface area contributed by atoms with Crippen molar-refractivity contribution in [1.29, 1.82) is 0 Å². The summed E-state index contributed by atoms with van der Waals surface area (Å²) in [5.74, 6) is -0.398. The Hall–Kier alpha value is -0.860. The standard InChI is InChI=1S/C6H8FN2/c1-5(2)9-6(7)3-4-8-9/h4-5H,1-2H3. The minimum absolute atomic E-state index is 0.0799. The summed E-state index contributed by atoms with van der Waals surface area (Å²) in [6.07, 6.45) is 1.33. The molecule has 0 aliphatic rings. The number of nitrogens with zero attached hydrogens (tertiary/aromatic N) is 2. The highest BCUT2D eigenvalue weighted by Crippen LogP contribution is 2.03. The van der Waals surface area contributed by atoms with Gasteiger partial charge in [0.1, 0.15) is 0 Å². The summed E-state index contributed by atoms with van der Waals surface area (Å²) in [6.45, 7) is 3.73. The first-order chi connectivity index (χ1) is 4.22. The molecule has 1 aromatic heterocycles. The summed E-state index contributed by atoms with van der Waals surface area (Å²) >= 11 is 0. The summed E-state index contributed by atoms with van der Waals surface area (Å²) in [5, 5.41) is 3.70. The highest BCUT2D eigenvalue weighted by atomic mass is 19.1. The Kier molecular flexibility index (Phi) is 1.51. The van der Waals surface area contributed by atoms with Crippen molar-refractivity contribution in [2.24, 2.45) is 0 Å². The second-order valence-corrected chi connectivity index (χ2v) is 2.12. The maximum Gasteiger partial charge on any atom is 0.219 e. The Morgan fingerprint density at radius 2 is 2.44 bits per heavy atom. The second-order valence-electron chi connectivity index (χ2n) is 2.12. The number of hydrogen-bond donors (Lipinski definition) is 0. The van der Waals surface area contributed by atoms with Gasteiger partial charge in [0.25, 0.3) is 0 Å². The van der Waals surface area contributed by atoms with E-state index >= 15 is 0 Å². The minimum atomic E-state index is -0.398. The van der Waals surface area contributed by atoms with Crippen LogP contribution in [0.25, 0.3) is 0 Å². The van der Waals surface area contributed by atoms with Crippen LogP contribution in [0.1, 0.15) is 19.9 Å². The van der Waals surface area contributed by atoms with E-state index < -0.39 is 5.95 Å². The summed E-state index contributed by atoms with van der Waals surface area (Å²) in [7, 11) is 0. The zero-order chi connectivity index (χ0) is 6.85. The molecule has 0 aromatic carbocycles. The van der Waals surface area contributed by atoms with E-state index in [4.69, 9.17) is 0 Å². The van der Waals surface area contributed by atoms with Gasteiger partial charge in [-0.25, -0.2) is 4.68 Å². The van der Waals surface area contributed by atoms with Crippen molar-refractivity contribution in [3.05, 3.63) is 18.2 Å². The quantitative estimate of drug-likeness (QED) is 0.557. The van der Waals surface area contributed by atoms with Gasteiger partial charge in [0.2, 0.25) is 5.95 Å². The molecule has 0 saturated carbocycles. The molecule has 9 heavy (non-hydrogen) atoms. The van der Waals surface area contributed by atoms with E-state index in [2.05, 4.69) is 11.2 Å². The summed E-state index contributed by atoms with van der Waals surface area (Å²) < 4.78 is 13.7. The molecule has 1 radical (unpaired) electrons. The SMILES string of the molecule is CC(C)n1nc[c]c1F. The molecule has 0 N–H and O–H groups in total. The van der Waals surface area contributed by atoms with Gasteiger partial charge in [-0.1, -0.05) is 0 Å². The number of halogens is 1. The van der Waals surface area contributed by atoms with Crippen LogP contribution in [0.15, 0.2) is 6.20 Å². The molecule has 0 saturated heterocycles. The maximum atomic E-state index is 12.4. The molecule has 1 aromatic rings. The summed E-state index contributed by atoms with van der Waals surface area (Å²) in [5.41, 5.74) is 0. The summed E-state index contributed by atoms with van der Waals surface area (Å²) in [4.78, 5) is 0. The predicted molar refractivity (Wildman–Crippen MR) is 31.4 cm³/mol. The topological polar surface area (TPSA) is 17.8 Å². The molecule has 0 atom stereocenters. The largest absolute Gasteiger partial charge is 0.237 e. The van der Waals surface area contributed by atoms with Gasteiger partial charge in [-0.2, -0.15) is 9.49 Å². The lowest BCUT2D eigenvalue weighted by atomic mass is 10.4. The van der Waals surface area contributed by atoms with E-state index in [0.717, 1.165) is 0 Å². The lowest BCUT2D eigenvalue weighted by Crippen LogP contribution is -2.04. The second kappa shape index (κ2) is 2.17. The van der Waals surface area contributed by atoms with Crippen LogP contribution in [-0.4, -0.2) is 9.78 Å². The maximum absolute atomic E-state index is 12.4. The minimum Gasteiger partial charge on any atom is -0.237 e. The molecule has 2 nitrogen and oxygen atoms in total. The van der Waals surface area contributed by atoms with Crippen LogP contribution in [-0.2, 0) is 0 Å². The highest BCUT2D eigenvalue weighted by molar-refractivity contribution is 4.81. The predicted octanol–water partition coefficient (Wildman–Crippen LogP) is 1.40. The van der Waals surface area contributed by atoms with Gasteiger partial charge in [0, 0.05) is 6.04 Å². The van der Waals surface area contributed by atoms with Gasteiger partial charge in [0.15, 0.2) is 0 Å². The van der Waals surface area contributed by atoms with E-state index in [1.165, 1.54) is 10.9 Å². The molecule has 0 unspecified atom stereocenters. The Morgan fingerprint density at radius 3 is 2.67 bits per heavy atom. The van der Waals surface area contributed by atoms with Crippen molar-refractivity contribution in [3.8, 4) is 0 Å². The van der Waals surface area contributed by atoms with Crippen molar-refractivity contribution in [2.75, 3.05) is 0 Å². The lowest BCUT2D eigenvalue weighted by Gasteiger charge is -2.03. The van der Waals surface area contributed by atoms with E-state index in [0.29, 0.717) is 0 Å². The molecular weight excluding hydrogens is 119 g/mol. The molecule has 0 fully saturated rings. The van der Waals surface area contributed by atoms with Crippen molar-refractivity contribution in [2.45, 2.75) is 19.9 Å². The van der Waals surface area contributed by atoms with Crippen LogP contribution < -0.4 is 0 Å². The fourth-order valence-electron chi connectivity index (χ4n) is 0.621. The number of hydrogen-bond acceptors (Lipinski definition) is 1. The Labute approximate surface area is 53.3 Å². The summed E-state index contributed by atoms with van der Waals surface area (Å²) in [6, 6.07) is 2.42. The van der Waals surface area contributed by atoms with Crippen LogP contribution in [0.3, 0.4) is 0 Å². The molecule has 0 bridgehead atoms. The fraction of sp³-hybridized carbons (Fsp3) is 0.500. The molecule has 3 heteroatoms. The molecule has 1 heterocycles. The average molecular weight is 127 g/mol. The first-order valence-electron chi connectivity index (χ1n) is 2.82. The third kappa shape index (κ3) is 1.09. The normalized spacial score (nSPS) is 10.7. The van der Waals surface area contributed by atoms with Crippen LogP contribution in [0.5, 0.6) is 0 Å². The van der Waals surface area contributed by atoms with E-state index in [1.807, 2.05) is 13.8 Å². The van der Waals surface area contributed by atoms with Gasteiger partial charge in [-0.05, 0) is 13.8 Å². The molecule has 0 spiro atoms. The lowest BCUT2D eigenvalue weighted by molar-refractivity contribution is 0.415. The highest BCUT2D eigenvalue weighted by Gasteiger charge is 2.02. The van der Waals surface area contributed by atoms with Crippen molar-refractivity contribution in [1.82, 2.24) is 9.78 Å². The fourth-order valence-corrected chi connectivity index (χ4v) is 0.621. The molecule has 49 valence electrons. The van der Waals surface area contributed by atoms with E-state index in [-0.39, 0.29) is 6.04 Å². The molecule has 0 aliphatic heterocycles. The van der Waals surface area contributed by atoms with Gasteiger partial charge < -0.3 is 0 Å². The number of aromatic nitrogens is 2. The van der Waals surface area contributed by atoms with Crippen LogP contribution >= 0.6 is 0 Å². The monoisotopic (exact) mass is 127 g/mol. The molecule has 0 aliphatic carbocycles. The first-order valence-corrected chi connectivity index (χ1v) is 2.82. The smallest absolute Gasteiger partial charge is 0.219 e. The zero-order valence-corrected chi connectivity index (χ0v) is 5.43. The Morgan fingerprint density at radius 1 is 1.78 bits per heavy atom. The zero-order valence-electron chi connectivity index (χ0n) is 5.43. The van der Waals surface area contributed by atoms with Crippen molar-refractivity contribution >= 4 is 0 Å².